The summed E-state index contributed by atoms with van der Waals surface area (Å²) in [5, 5.41) is 0. The van der Waals surface area contributed by atoms with E-state index in [-0.39, 0.29) is 4.90 Å². The van der Waals surface area contributed by atoms with Gasteiger partial charge in [-0.05, 0) is 55.8 Å². The smallest absolute Gasteiger partial charge is 0.294 e. The normalized spacial score (nSPS) is 13.9. The van der Waals surface area contributed by atoms with E-state index in [9.17, 15) is 13.2 Å². The number of anilines is 1. The van der Waals surface area contributed by atoms with Crippen LogP contribution in [0.3, 0.4) is 0 Å². The first-order valence-corrected chi connectivity index (χ1v) is 12.3. The summed E-state index contributed by atoms with van der Waals surface area (Å²) in [6, 6.07) is 20.0. The van der Waals surface area contributed by atoms with Crippen LogP contribution < -0.4 is 14.4 Å². The Balaban J connectivity index is 0.000000185. The number of benzene rings is 3. The number of fused-ring (bicyclic) bond motifs is 1. The molecule has 1 N–H and O–H groups in total. The van der Waals surface area contributed by atoms with Gasteiger partial charge in [0.25, 0.3) is 10.1 Å². The Kier molecular flexibility index (Phi) is 10.1. The van der Waals surface area contributed by atoms with Gasteiger partial charge in [-0.3, -0.25) is 9.35 Å². The number of ether oxygens (including phenoxy) is 2. The quantitative estimate of drug-likeness (QED) is 0.386. The Labute approximate surface area is 207 Å². The third-order valence-corrected chi connectivity index (χ3v) is 6.21. The van der Waals surface area contributed by atoms with E-state index in [1.165, 1.54) is 30.5 Å². The molecular weight excluding hydrogens is 466 g/mol. The standard InChI is InChI=1S/C11H13N.C9H10O3.C7H8O3S/c1-9-7-8-10-5-3-4-6-11(10)12(9)2;1-11-8-4-3-7(6-10)5-9(8)12-2;1-6-2-4-7(5-3-6)11(8,9)10/h3-9H,1-2H3;3-6H,1-2H3;2-5H,1H3,(H,8,9,10). The summed E-state index contributed by atoms with van der Waals surface area (Å²) >= 11 is 0. The van der Waals surface area contributed by atoms with Gasteiger partial charge < -0.3 is 14.4 Å². The van der Waals surface area contributed by atoms with E-state index < -0.39 is 10.1 Å². The molecule has 0 saturated carbocycles. The van der Waals surface area contributed by atoms with E-state index in [1.807, 2.05) is 6.92 Å². The van der Waals surface area contributed by atoms with Crippen molar-refractivity contribution in [3.8, 4) is 11.5 Å². The van der Waals surface area contributed by atoms with Crippen LogP contribution in [0, 0.1) is 6.92 Å². The summed E-state index contributed by atoms with van der Waals surface area (Å²) < 4.78 is 39.5. The lowest BCUT2D eigenvalue weighted by Gasteiger charge is -2.29. The summed E-state index contributed by atoms with van der Waals surface area (Å²) in [6.45, 7) is 4.04. The van der Waals surface area contributed by atoms with Gasteiger partial charge in [-0.25, -0.2) is 0 Å². The Bertz CT molecular complexity index is 1250. The molecule has 1 atom stereocenters. The molecule has 1 aliphatic rings. The van der Waals surface area contributed by atoms with E-state index in [1.54, 1.807) is 37.4 Å². The van der Waals surface area contributed by atoms with Gasteiger partial charge in [0.15, 0.2) is 11.5 Å². The highest BCUT2D eigenvalue weighted by Gasteiger charge is 2.13. The van der Waals surface area contributed by atoms with Gasteiger partial charge >= 0.3 is 0 Å². The molecule has 0 aliphatic carbocycles. The Hall–Kier alpha value is -3.62. The number of nitrogens with zero attached hydrogens (tertiary/aromatic N) is 1. The molecule has 35 heavy (non-hydrogen) atoms. The number of carbonyl (C=O) groups excluding carboxylic acids is 1. The zero-order valence-corrected chi connectivity index (χ0v) is 21.3. The molecule has 7 nitrogen and oxygen atoms in total. The highest BCUT2D eigenvalue weighted by Crippen LogP contribution is 2.27. The highest BCUT2D eigenvalue weighted by molar-refractivity contribution is 7.85. The summed E-state index contributed by atoms with van der Waals surface area (Å²) in [7, 11) is 1.20. The zero-order chi connectivity index (χ0) is 26.0. The van der Waals surface area contributed by atoms with Crippen LogP contribution >= 0.6 is 0 Å². The molecule has 8 heteroatoms. The topological polar surface area (TPSA) is 93.1 Å². The minimum absolute atomic E-state index is 0.0666. The van der Waals surface area contributed by atoms with Crippen LogP contribution in [0.2, 0.25) is 0 Å². The number of rotatable bonds is 4. The van der Waals surface area contributed by atoms with Crippen LogP contribution in [0.15, 0.2) is 77.7 Å². The molecule has 0 saturated heterocycles. The maximum atomic E-state index is 10.5. The fourth-order valence-electron chi connectivity index (χ4n) is 3.18. The SMILES string of the molecule is CC1C=Cc2ccccc2N1C.COc1ccc(C=O)cc1OC.Cc1ccc(S(=O)(=O)O)cc1. The molecule has 186 valence electrons. The van der Waals surface area contributed by atoms with Gasteiger partial charge in [0.1, 0.15) is 6.29 Å². The molecule has 3 aromatic carbocycles. The number of aryl methyl sites for hydroxylation is 1. The predicted octanol–water partition coefficient (Wildman–Crippen LogP) is 5.30. The minimum atomic E-state index is -4.02. The first-order valence-electron chi connectivity index (χ1n) is 10.8. The van der Waals surface area contributed by atoms with Crippen molar-refractivity contribution in [2.24, 2.45) is 0 Å². The second kappa shape index (κ2) is 12.7. The third-order valence-electron chi connectivity index (χ3n) is 5.34. The molecule has 0 radical (unpaired) electrons. The maximum absolute atomic E-state index is 10.5. The molecule has 1 unspecified atom stereocenters. The molecule has 3 aromatic rings. The summed E-state index contributed by atoms with van der Waals surface area (Å²) in [6.07, 6.45) is 5.18. The molecule has 1 aliphatic heterocycles. The number of hydrogen-bond acceptors (Lipinski definition) is 6. The second-order valence-electron chi connectivity index (χ2n) is 7.79. The van der Waals surface area contributed by atoms with Crippen molar-refractivity contribution in [2.75, 3.05) is 26.2 Å². The average Bonchev–Trinajstić information content (AvgIpc) is 2.86. The van der Waals surface area contributed by atoms with Gasteiger partial charge in [0, 0.05) is 24.3 Å². The third kappa shape index (κ3) is 7.98. The summed E-state index contributed by atoms with van der Waals surface area (Å²) in [4.78, 5) is 12.6. The van der Waals surface area contributed by atoms with Gasteiger partial charge in [-0.2, -0.15) is 8.42 Å². The Morgan fingerprint density at radius 1 is 0.943 bits per heavy atom. The first-order chi connectivity index (χ1) is 16.6. The minimum Gasteiger partial charge on any atom is -0.493 e. The van der Waals surface area contributed by atoms with Gasteiger partial charge in [0.2, 0.25) is 0 Å². The summed E-state index contributed by atoms with van der Waals surface area (Å²) in [5.74, 6) is 1.20. The van der Waals surface area contributed by atoms with Crippen LogP contribution in [0.1, 0.15) is 28.4 Å². The van der Waals surface area contributed by atoms with Gasteiger partial charge in [-0.1, -0.05) is 48.0 Å². The first kappa shape index (κ1) is 27.6. The van der Waals surface area contributed by atoms with Crippen molar-refractivity contribution in [1.29, 1.82) is 0 Å². The van der Waals surface area contributed by atoms with Crippen LogP contribution in [0.4, 0.5) is 5.69 Å². The predicted molar refractivity (Wildman–Crippen MR) is 139 cm³/mol. The van der Waals surface area contributed by atoms with Crippen LogP contribution in [-0.4, -0.2) is 46.6 Å². The monoisotopic (exact) mass is 497 g/mol. The lowest BCUT2D eigenvalue weighted by molar-refractivity contribution is 0.112. The number of aldehydes is 1. The van der Waals surface area contributed by atoms with Crippen molar-refractivity contribution < 1.29 is 27.2 Å². The molecule has 1 heterocycles. The Morgan fingerprint density at radius 2 is 1.57 bits per heavy atom. The Morgan fingerprint density at radius 3 is 2.14 bits per heavy atom. The maximum Gasteiger partial charge on any atom is 0.294 e. The van der Waals surface area contributed by atoms with E-state index in [4.69, 9.17) is 14.0 Å². The number of hydrogen-bond donors (Lipinski definition) is 1. The highest BCUT2D eigenvalue weighted by atomic mass is 32.2. The zero-order valence-electron chi connectivity index (χ0n) is 20.5. The molecule has 0 amide bonds. The number of para-hydroxylation sites is 1. The number of carbonyl (C=O) groups is 1. The van der Waals surface area contributed by atoms with Crippen molar-refractivity contribution >= 4 is 28.2 Å². The lowest BCUT2D eigenvalue weighted by atomic mass is 10.1. The van der Waals surface area contributed by atoms with Crippen LogP contribution in [0.5, 0.6) is 11.5 Å². The van der Waals surface area contributed by atoms with Gasteiger partial charge in [-0.15, -0.1) is 0 Å². The molecule has 0 aromatic heterocycles. The number of likely N-dealkylation sites (N-methyl/N-ethyl adjacent to an activating group) is 1. The van der Waals surface area contributed by atoms with E-state index in [0.717, 1.165) is 11.8 Å². The van der Waals surface area contributed by atoms with Crippen molar-refractivity contribution in [1.82, 2.24) is 0 Å². The van der Waals surface area contributed by atoms with Crippen LogP contribution in [0.25, 0.3) is 6.08 Å². The van der Waals surface area contributed by atoms with E-state index in [2.05, 4.69) is 55.3 Å². The number of methoxy groups -OCH3 is 2. The lowest BCUT2D eigenvalue weighted by Crippen LogP contribution is -2.29. The molecular formula is C27H31NO6S. The van der Waals surface area contributed by atoms with Crippen molar-refractivity contribution in [3.05, 3.63) is 89.5 Å². The molecule has 0 spiro atoms. The molecule has 4 rings (SSSR count). The van der Waals surface area contributed by atoms with Crippen molar-refractivity contribution in [2.45, 2.75) is 24.8 Å². The average molecular weight is 498 g/mol. The molecule has 0 fully saturated rings. The molecule has 0 bridgehead atoms. The largest absolute Gasteiger partial charge is 0.493 e. The second-order valence-corrected chi connectivity index (χ2v) is 9.21. The van der Waals surface area contributed by atoms with Crippen LogP contribution in [-0.2, 0) is 10.1 Å². The van der Waals surface area contributed by atoms with E-state index in [0.29, 0.717) is 23.1 Å². The summed E-state index contributed by atoms with van der Waals surface area (Å²) in [5.41, 5.74) is 4.18. The van der Waals surface area contributed by atoms with Gasteiger partial charge in [0.05, 0.1) is 19.1 Å². The van der Waals surface area contributed by atoms with E-state index >= 15 is 0 Å². The van der Waals surface area contributed by atoms with Crippen molar-refractivity contribution in [3.63, 3.8) is 0 Å². The fourth-order valence-corrected chi connectivity index (χ4v) is 3.66. The fraction of sp³-hybridized carbons (Fsp3) is 0.222.